The van der Waals surface area contributed by atoms with Gasteiger partial charge in [0.1, 0.15) is 5.76 Å². The van der Waals surface area contributed by atoms with Gasteiger partial charge in [0, 0.05) is 31.1 Å². The molecule has 1 aromatic carbocycles. The monoisotopic (exact) mass is 425 g/mol. The van der Waals surface area contributed by atoms with E-state index in [1.807, 2.05) is 36.5 Å². The third-order valence-electron chi connectivity index (χ3n) is 4.40. The van der Waals surface area contributed by atoms with Gasteiger partial charge < -0.3 is 15.1 Å². The summed E-state index contributed by atoms with van der Waals surface area (Å²) in [5.41, 5.74) is 1.000. The predicted octanol–water partition coefficient (Wildman–Crippen LogP) is 4.48. The van der Waals surface area contributed by atoms with Gasteiger partial charge in [-0.15, -0.1) is 22.7 Å². The summed E-state index contributed by atoms with van der Waals surface area (Å²) in [6, 6.07) is 12.1. The van der Waals surface area contributed by atoms with Gasteiger partial charge >= 0.3 is 0 Å². The van der Waals surface area contributed by atoms with Crippen LogP contribution < -0.4 is 10.6 Å². The molecule has 0 spiro atoms. The Kier molecular flexibility index (Phi) is 6.21. The molecule has 0 bridgehead atoms. The molecule has 3 aromatic heterocycles. The van der Waals surface area contributed by atoms with Gasteiger partial charge in [0.2, 0.25) is 0 Å². The number of aliphatic imine (C=N–C) groups is 1. The molecule has 3 heterocycles. The van der Waals surface area contributed by atoms with Gasteiger partial charge in [0.25, 0.3) is 0 Å². The molecule has 0 radical (unpaired) electrons. The number of aryl methyl sites for hydroxylation is 1. The fourth-order valence-corrected chi connectivity index (χ4v) is 4.66. The fourth-order valence-electron chi connectivity index (χ4n) is 2.87. The lowest BCUT2D eigenvalue weighted by molar-refractivity contribution is 0.513. The number of nitrogens with zero attached hydrogens (tertiary/aromatic N) is 3. The molecule has 0 saturated heterocycles. The van der Waals surface area contributed by atoms with Crippen molar-refractivity contribution >= 4 is 38.8 Å². The number of aromatic nitrogens is 2. The highest BCUT2D eigenvalue weighted by Gasteiger charge is 2.11. The number of hydrogen-bond acceptors (Lipinski definition) is 6. The predicted molar refractivity (Wildman–Crippen MR) is 121 cm³/mol. The molecule has 150 valence electrons. The second kappa shape index (κ2) is 9.19. The molecule has 4 rings (SSSR count). The van der Waals surface area contributed by atoms with Crippen molar-refractivity contribution in [2.75, 3.05) is 13.6 Å². The largest absolute Gasteiger partial charge is 0.457 e. The first-order valence-electron chi connectivity index (χ1n) is 9.58. The molecule has 29 heavy (non-hydrogen) atoms. The van der Waals surface area contributed by atoms with E-state index in [0.29, 0.717) is 6.54 Å². The Bertz CT molecular complexity index is 1080. The zero-order valence-electron chi connectivity index (χ0n) is 16.4. The second-order valence-corrected chi connectivity index (χ2v) is 8.66. The van der Waals surface area contributed by atoms with Crippen LogP contribution in [0.2, 0.25) is 0 Å². The van der Waals surface area contributed by atoms with E-state index in [1.54, 1.807) is 29.7 Å². The number of benzene rings is 1. The zero-order valence-corrected chi connectivity index (χ0v) is 18.1. The Labute approximate surface area is 177 Å². The van der Waals surface area contributed by atoms with E-state index in [1.165, 1.54) is 4.88 Å². The number of thiazole rings is 2. The molecule has 0 aliphatic heterocycles. The number of fused-ring (bicyclic) bond motifs is 1. The highest BCUT2D eigenvalue weighted by molar-refractivity contribution is 7.21. The van der Waals surface area contributed by atoms with Crippen molar-refractivity contribution in [3.63, 3.8) is 0 Å². The molecule has 0 saturated carbocycles. The Morgan fingerprint density at radius 1 is 1.14 bits per heavy atom. The average molecular weight is 426 g/mol. The Morgan fingerprint density at radius 2 is 2.03 bits per heavy atom. The summed E-state index contributed by atoms with van der Waals surface area (Å²) >= 11 is 3.41. The lowest BCUT2D eigenvalue weighted by Crippen LogP contribution is -2.37. The van der Waals surface area contributed by atoms with E-state index in [2.05, 4.69) is 38.6 Å². The molecule has 0 unspecified atom stereocenters. The summed E-state index contributed by atoms with van der Waals surface area (Å²) in [6.45, 7) is 3.49. The summed E-state index contributed by atoms with van der Waals surface area (Å²) in [5.74, 6) is 2.38. The molecule has 2 N–H and O–H groups in total. The molecular weight excluding hydrogens is 402 g/mol. The normalized spacial score (nSPS) is 11.9. The van der Waals surface area contributed by atoms with E-state index < -0.39 is 0 Å². The van der Waals surface area contributed by atoms with Crippen molar-refractivity contribution in [2.45, 2.75) is 26.3 Å². The van der Waals surface area contributed by atoms with Crippen molar-refractivity contribution in [1.29, 1.82) is 0 Å². The van der Waals surface area contributed by atoms with Crippen LogP contribution in [0.15, 0.2) is 52.0 Å². The van der Waals surface area contributed by atoms with Crippen molar-refractivity contribution in [3.8, 4) is 10.8 Å². The van der Waals surface area contributed by atoms with Gasteiger partial charge in [0.05, 0.1) is 21.8 Å². The number of hydrogen-bond donors (Lipinski definition) is 2. The van der Waals surface area contributed by atoms with Crippen LogP contribution in [0.4, 0.5) is 0 Å². The van der Waals surface area contributed by atoms with Gasteiger partial charge in [-0.05, 0) is 30.7 Å². The van der Waals surface area contributed by atoms with Crippen LogP contribution in [0.25, 0.3) is 21.0 Å². The first kappa shape index (κ1) is 19.6. The number of nitrogens with one attached hydrogen (secondary N) is 2. The summed E-state index contributed by atoms with van der Waals surface area (Å²) in [7, 11) is 1.77. The highest BCUT2D eigenvalue weighted by Crippen LogP contribution is 2.31. The van der Waals surface area contributed by atoms with Gasteiger partial charge in [0.15, 0.2) is 16.7 Å². The molecule has 4 aromatic rings. The maximum Gasteiger partial charge on any atom is 0.191 e. The van der Waals surface area contributed by atoms with Crippen molar-refractivity contribution < 1.29 is 4.42 Å². The summed E-state index contributed by atoms with van der Waals surface area (Å²) < 4.78 is 7.14. The van der Waals surface area contributed by atoms with Crippen LogP contribution in [0.1, 0.15) is 22.6 Å². The number of guanidine groups is 1. The zero-order chi connectivity index (χ0) is 20.1. The van der Waals surface area contributed by atoms with E-state index in [-0.39, 0.29) is 0 Å². The van der Waals surface area contributed by atoms with Crippen LogP contribution in [-0.2, 0) is 19.4 Å². The fraction of sp³-hybridized carbons (Fsp3) is 0.286. The molecule has 0 aliphatic carbocycles. The Balaban J connectivity index is 1.30. The number of para-hydroxylation sites is 1. The molecule has 6 nitrogen and oxygen atoms in total. The minimum atomic E-state index is 0.557. The summed E-state index contributed by atoms with van der Waals surface area (Å²) in [4.78, 5) is 14.7. The first-order chi connectivity index (χ1) is 14.2. The Morgan fingerprint density at radius 3 is 2.83 bits per heavy atom. The smallest absolute Gasteiger partial charge is 0.191 e. The molecule has 0 aliphatic rings. The lowest BCUT2D eigenvalue weighted by atomic mass is 10.3. The molecule has 0 atom stereocenters. The van der Waals surface area contributed by atoms with Crippen molar-refractivity contribution in [1.82, 2.24) is 20.6 Å². The van der Waals surface area contributed by atoms with E-state index >= 15 is 0 Å². The minimum Gasteiger partial charge on any atom is -0.457 e. The summed E-state index contributed by atoms with van der Waals surface area (Å²) in [5, 5.41) is 8.66. The lowest BCUT2D eigenvalue weighted by Gasteiger charge is -2.10. The molecule has 0 amide bonds. The molecular formula is C21H23N5OS2. The van der Waals surface area contributed by atoms with Crippen molar-refractivity contribution in [3.05, 3.63) is 58.2 Å². The van der Waals surface area contributed by atoms with Crippen LogP contribution >= 0.6 is 22.7 Å². The first-order valence-corrected chi connectivity index (χ1v) is 11.2. The third-order valence-corrected chi connectivity index (χ3v) is 6.65. The standard InChI is InChI=1S/C21H23N5OS2/c1-3-15-13-24-19(28-15)10-11-23-21(22-2)25-12-14-8-9-17(27-14)20-26-16-6-4-5-7-18(16)29-20/h4-9,13H,3,10-12H2,1-2H3,(H2,22,23,25). The third kappa shape index (κ3) is 4.83. The second-order valence-electron chi connectivity index (χ2n) is 6.43. The maximum atomic E-state index is 5.98. The quantitative estimate of drug-likeness (QED) is 0.337. The van der Waals surface area contributed by atoms with Crippen molar-refractivity contribution in [2.24, 2.45) is 4.99 Å². The van der Waals surface area contributed by atoms with Crippen LogP contribution in [0.3, 0.4) is 0 Å². The SMILES string of the molecule is CCc1cnc(CCNC(=NC)NCc2ccc(-c3nc4ccccc4s3)o2)s1. The maximum absolute atomic E-state index is 5.98. The Hall–Kier alpha value is -2.71. The van der Waals surface area contributed by atoms with Crippen LogP contribution in [0, 0.1) is 0 Å². The highest BCUT2D eigenvalue weighted by atomic mass is 32.1. The topological polar surface area (TPSA) is 75.3 Å². The molecule has 8 heteroatoms. The van der Waals surface area contributed by atoms with E-state index in [9.17, 15) is 0 Å². The number of rotatable bonds is 7. The van der Waals surface area contributed by atoms with E-state index in [0.717, 1.165) is 57.1 Å². The minimum absolute atomic E-state index is 0.557. The van der Waals surface area contributed by atoms with Gasteiger partial charge in [-0.1, -0.05) is 19.1 Å². The van der Waals surface area contributed by atoms with Gasteiger partial charge in [-0.2, -0.15) is 0 Å². The van der Waals surface area contributed by atoms with E-state index in [4.69, 9.17) is 4.42 Å². The summed E-state index contributed by atoms with van der Waals surface area (Å²) in [6.07, 6.45) is 3.89. The van der Waals surface area contributed by atoms with Gasteiger partial charge in [-0.3, -0.25) is 4.99 Å². The van der Waals surface area contributed by atoms with Crippen LogP contribution in [-0.4, -0.2) is 29.5 Å². The average Bonchev–Trinajstić information content (AvgIpc) is 3.49. The molecule has 0 fully saturated rings. The number of furan rings is 1. The van der Waals surface area contributed by atoms with Crippen LogP contribution in [0.5, 0.6) is 0 Å². The van der Waals surface area contributed by atoms with Gasteiger partial charge in [-0.25, -0.2) is 9.97 Å².